The average Bonchev–Trinajstić information content (AvgIpc) is 3.10. The van der Waals surface area contributed by atoms with Gasteiger partial charge < -0.3 is 10.2 Å². The number of benzene rings is 1. The number of hydrogen-bond donors (Lipinski definition) is 1. The van der Waals surface area contributed by atoms with Crippen LogP contribution < -0.4 is 5.32 Å². The topological polar surface area (TPSA) is 69.7 Å². The lowest BCUT2D eigenvalue weighted by Crippen LogP contribution is -2.40. The van der Waals surface area contributed by atoms with Crippen molar-refractivity contribution in [3.8, 4) is 0 Å². The molecule has 0 saturated carbocycles. The zero-order valence-electron chi connectivity index (χ0n) is 15.6. The minimum Gasteiger partial charge on any atom is -0.334 e. The number of piperidine rings is 1. The van der Waals surface area contributed by atoms with Gasteiger partial charge in [-0.05, 0) is 62.9 Å². The molecule has 26 heavy (non-hydrogen) atoms. The zero-order valence-corrected chi connectivity index (χ0v) is 16.5. The number of nitrogens with one attached hydrogen (secondary N) is 1. The largest absolute Gasteiger partial charge is 0.334 e. The molecule has 1 amide bonds. The lowest BCUT2D eigenvalue weighted by molar-refractivity contribution is 0.0737. The van der Waals surface area contributed by atoms with E-state index in [2.05, 4.69) is 12.2 Å². The summed E-state index contributed by atoms with van der Waals surface area (Å²) >= 11 is 0. The Morgan fingerprint density at radius 1 is 1.12 bits per heavy atom. The van der Waals surface area contributed by atoms with Crippen LogP contribution in [0.15, 0.2) is 29.2 Å². The number of likely N-dealkylation sites (tertiary alicyclic amines) is 1. The fourth-order valence-electron chi connectivity index (χ4n) is 3.86. The van der Waals surface area contributed by atoms with Gasteiger partial charge in [0, 0.05) is 37.8 Å². The summed E-state index contributed by atoms with van der Waals surface area (Å²) in [7, 11) is -1.58. The van der Waals surface area contributed by atoms with Crippen LogP contribution >= 0.6 is 0 Å². The summed E-state index contributed by atoms with van der Waals surface area (Å²) < 4.78 is 27.1. The molecule has 0 aromatic heterocycles. The van der Waals surface area contributed by atoms with Crippen molar-refractivity contribution in [3.63, 3.8) is 0 Å². The molecule has 2 aliphatic heterocycles. The van der Waals surface area contributed by atoms with Crippen LogP contribution in [0.25, 0.3) is 0 Å². The second-order valence-corrected chi connectivity index (χ2v) is 9.40. The third kappa shape index (κ3) is 3.94. The van der Waals surface area contributed by atoms with Gasteiger partial charge in [0.05, 0.1) is 4.90 Å². The normalized spacial score (nSPS) is 22.7. The number of rotatable bonds is 5. The molecular weight excluding hydrogens is 350 g/mol. The molecule has 0 radical (unpaired) electrons. The van der Waals surface area contributed by atoms with Crippen LogP contribution in [0.5, 0.6) is 0 Å². The van der Waals surface area contributed by atoms with Gasteiger partial charge in [0.2, 0.25) is 10.0 Å². The molecule has 2 heterocycles. The van der Waals surface area contributed by atoms with Gasteiger partial charge in [0.15, 0.2) is 0 Å². The predicted molar refractivity (Wildman–Crippen MR) is 102 cm³/mol. The molecule has 0 bridgehead atoms. The number of carbonyl (C=O) groups excluding carboxylic acids is 1. The first kappa shape index (κ1) is 19.3. The van der Waals surface area contributed by atoms with Crippen molar-refractivity contribution in [1.29, 1.82) is 0 Å². The lowest BCUT2D eigenvalue weighted by atomic mass is 10.0. The van der Waals surface area contributed by atoms with E-state index in [0.717, 1.165) is 38.8 Å². The third-order valence-corrected chi connectivity index (χ3v) is 7.47. The Hall–Kier alpha value is -1.44. The molecular formula is C19H29N3O3S. The van der Waals surface area contributed by atoms with Crippen LogP contribution in [0.1, 0.15) is 43.0 Å². The molecule has 1 atom stereocenters. The molecule has 1 aromatic rings. The van der Waals surface area contributed by atoms with Crippen LogP contribution in [0.2, 0.25) is 0 Å². The highest BCUT2D eigenvalue weighted by atomic mass is 32.2. The van der Waals surface area contributed by atoms with E-state index in [1.807, 2.05) is 11.9 Å². The SMILES string of the molecule is CNCC1CCCN1C(=O)c1ccc(S(=O)(=O)N2CCC(C)CC2)cc1. The first-order chi connectivity index (χ1) is 12.4. The second-order valence-electron chi connectivity index (χ2n) is 7.46. The number of sulfonamides is 1. The van der Waals surface area contributed by atoms with E-state index in [0.29, 0.717) is 24.6 Å². The molecule has 0 spiro atoms. The van der Waals surface area contributed by atoms with Gasteiger partial charge in [0.1, 0.15) is 0 Å². The molecule has 144 valence electrons. The fraction of sp³-hybridized carbons (Fsp3) is 0.632. The maximum atomic E-state index is 12.8. The Morgan fingerprint density at radius 2 is 1.77 bits per heavy atom. The molecule has 2 fully saturated rings. The van der Waals surface area contributed by atoms with E-state index >= 15 is 0 Å². The van der Waals surface area contributed by atoms with Gasteiger partial charge in [-0.2, -0.15) is 4.31 Å². The van der Waals surface area contributed by atoms with Crippen LogP contribution in [0, 0.1) is 5.92 Å². The molecule has 1 unspecified atom stereocenters. The number of amides is 1. The summed E-state index contributed by atoms with van der Waals surface area (Å²) in [5, 5.41) is 3.14. The monoisotopic (exact) mass is 379 g/mol. The Morgan fingerprint density at radius 3 is 2.38 bits per heavy atom. The molecule has 1 N–H and O–H groups in total. The summed E-state index contributed by atoms with van der Waals surface area (Å²) in [4.78, 5) is 14.9. The predicted octanol–water partition coefficient (Wildman–Crippen LogP) is 1.93. The van der Waals surface area contributed by atoms with Gasteiger partial charge >= 0.3 is 0 Å². The maximum Gasteiger partial charge on any atom is 0.254 e. The van der Waals surface area contributed by atoms with E-state index in [4.69, 9.17) is 0 Å². The number of carbonyl (C=O) groups is 1. The van der Waals surface area contributed by atoms with E-state index in [1.54, 1.807) is 28.6 Å². The molecule has 6 nitrogen and oxygen atoms in total. The van der Waals surface area contributed by atoms with Crippen LogP contribution in [0.3, 0.4) is 0 Å². The van der Waals surface area contributed by atoms with Crippen molar-refractivity contribution in [1.82, 2.24) is 14.5 Å². The smallest absolute Gasteiger partial charge is 0.254 e. The minimum atomic E-state index is -3.47. The highest BCUT2D eigenvalue weighted by Crippen LogP contribution is 2.25. The van der Waals surface area contributed by atoms with Gasteiger partial charge in [-0.3, -0.25) is 4.79 Å². The van der Waals surface area contributed by atoms with E-state index in [1.165, 1.54) is 0 Å². The van der Waals surface area contributed by atoms with Crippen molar-refractivity contribution in [2.45, 2.75) is 43.5 Å². The van der Waals surface area contributed by atoms with Gasteiger partial charge in [-0.25, -0.2) is 8.42 Å². The van der Waals surface area contributed by atoms with Crippen LogP contribution in [-0.4, -0.2) is 62.8 Å². The van der Waals surface area contributed by atoms with Crippen molar-refractivity contribution >= 4 is 15.9 Å². The molecule has 3 rings (SSSR count). The van der Waals surface area contributed by atoms with E-state index < -0.39 is 10.0 Å². The summed E-state index contributed by atoms with van der Waals surface area (Å²) in [5.41, 5.74) is 0.555. The number of likely N-dealkylation sites (N-methyl/N-ethyl adjacent to an activating group) is 1. The Balaban J connectivity index is 1.73. The highest BCUT2D eigenvalue weighted by Gasteiger charge is 2.30. The molecule has 1 aromatic carbocycles. The molecule has 0 aliphatic carbocycles. The molecule has 2 aliphatic rings. The minimum absolute atomic E-state index is 0.0153. The third-order valence-electron chi connectivity index (χ3n) is 5.56. The van der Waals surface area contributed by atoms with Gasteiger partial charge in [-0.1, -0.05) is 6.92 Å². The van der Waals surface area contributed by atoms with E-state index in [-0.39, 0.29) is 16.8 Å². The van der Waals surface area contributed by atoms with Crippen LogP contribution in [-0.2, 0) is 10.0 Å². The summed E-state index contributed by atoms with van der Waals surface area (Å²) in [6.45, 7) is 4.85. The Kier molecular flexibility index (Phi) is 5.99. The molecule has 2 saturated heterocycles. The molecule has 7 heteroatoms. The summed E-state index contributed by atoms with van der Waals surface area (Å²) in [6, 6.07) is 6.66. The van der Waals surface area contributed by atoms with E-state index in [9.17, 15) is 13.2 Å². The van der Waals surface area contributed by atoms with Crippen molar-refractivity contribution in [2.24, 2.45) is 5.92 Å². The van der Waals surface area contributed by atoms with Crippen molar-refractivity contribution in [3.05, 3.63) is 29.8 Å². The summed E-state index contributed by atoms with van der Waals surface area (Å²) in [6.07, 6.45) is 3.82. The van der Waals surface area contributed by atoms with Crippen LogP contribution in [0.4, 0.5) is 0 Å². The number of hydrogen-bond acceptors (Lipinski definition) is 4. The second kappa shape index (κ2) is 8.06. The van der Waals surface area contributed by atoms with Gasteiger partial charge in [-0.15, -0.1) is 0 Å². The van der Waals surface area contributed by atoms with Gasteiger partial charge in [0.25, 0.3) is 5.91 Å². The number of nitrogens with zero attached hydrogens (tertiary/aromatic N) is 2. The quantitative estimate of drug-likeness (QED) is 0.849. The maximum absolute atomic E-state index is 12.8. The fourth-order valence-corrected chi connectivity index (χ4v) is 5.33. The first-order valence-electron chi connectivity index (χ1n) is 9.49. The Labute approximate surface area is 156 Å². The lowest BCUT2D eigenvalue weighted by Gasteiger charge is -2.29. The van der Waals surface area contributed by atoms with Crippen molar-refractivity contribution in [2.75, 3.05) is 33.2 Å². The van der Waals surface area contributed by atoms with Crippen molar-refractivity contribution < 1.29 is 13.2 Å². The average molecular weight is 380 g/mol. The summed E-state index contributed by atoms with van der Waals surface area (Å²) in [5.74, 6) is 0.561. The Bertz CT molecular complexity index is 725. The first-order valence-corrected chi connectivity index (χ1v) is 10.9. The standard InChI is InChI=1S/C19H29N3O3S/c1-15-9-12-21(13-10-15)26(24,25)18-7-5-16(6-8-18)19(23)22-11-3-4-17(22)14-20-2/h5-8,15,17,20H,3-4,9-14H2,1-2H3. The highest BCUT2D eigenvalue weighted by molar-refractivity contribution is 7.89. The zero-order chi connectivity index (χ0) is 18.7.